The van der Waals surface area contributed by atoms with Crippen LogP contribution in [0.2, 0.25) is 0 Å². The largest absolute Gasteiger partial charge is 0.369 e. The molecule has 1 aromatic rings. The van der Waals surface area contributed by atoms with Crippen LogP contribution in [0.3, 0.4) is 0 Å². The summed E-state index contributed by atoms with van der Waals surface area (Å²) in [5, 5.41) is 5.47. The Kier molecular flexibility index (Phi) is 6.57. The Hall–Kier alpha value is -1.50. The summed E-state index contributed by atoms with van der Waals surface area (Å²) in [4.78, 5) is 15.9. The predicted molar refractivity (Wildman–Crippen MR) is 78.8 cm³/mol. The minimum atomic E-state index is -1.02. The van der Waals surface area contributed by atoms with Crippen LogP contribution in [0.15, 0.2) is 12.3 Å². The van der Waals surface area contributed by atoms with Gasteiger partial charge in [0, 0.05) is 35.4 Å². The van der Waals surface area contributed by atoms with Crippen LogP contribution in [0.25, 0.3) is 0 Å². The third kappa shape index (κ3) is 4.88. The van der Waals surface area contributed by atoms with E-state index in [1.165, 1.54) is 0 Å². The molecule has 2 N–H and O–H groups in total. The van der Waals surface area contributed by atoms with Gasteiger partial charge in [-0.2, -0.15) is 0 Å². The lowest BCUT2D eigenvalue weighted by molar-refractivity contribution is 0.0954. The van der Waals surface area contributed by atoms with Crippen molar-refractivity contribution in [3.8, 4) is 0 Å². The molecular formula is C13H20FN3O2S. The van der Waals surface area contributed by atoms with Crippen molar-refractivity contribution >= 4 is 22.5 Å². The highest BCUT2D eigenvalue weighted by Crippen LogP contribution is 2.13. The zero-order valence-electron chi connectivity index (χ0n) is 11.9. The summed E-state index contributed by atoms with van der Waals surface area (Å²) in [5.41, 5.74) is 0.160. The molecule has 0 saturated heterocycles. The fourth-order valence-corrected chi connectivity index (χ4v) is 1.76. The number of carbonyl (C=O) groups excluding carboxylic acids is 1. The minimum absolute atomic E-state index is 0.160. The zero-order valence-corrected chi connectivity index (χ0v) is 12.7. The van der Waals surface area contributed by atoms with E-state index in [0.29, 0.717) is 12.4 Å². The number of halogens is 1. The molecule has 20 heavy (non-hydrogen) atoms. The van der Waals surface area contributed by atoms with Gasteiger partial charge in [0.2, 0.25) is 0 Å². The molecule has 0 aliphatic rings. The second-order valence-corrected chi connectivity index (χ2v) is 6.30. The van der Waals surface area contributed by atoms with Crippen molar-refractivity contribution in [2.24, 2.45) is 0 Å². The highest BCUT2D eigenvalue weighted by Gasteiger charge is 2.15. The van der Waals surface area contributed by atoms with Crippen LogP contribution in [-0.4, -0.2) is 39.7 Å². The Morgan fingerprint density at radius 1 is 1.55 bits per heavy atom. The first-order valence-electron chi connectivity index (χ1n) is 6.45. The monoisotopic (exact) mass is 301 g/mol. The Morgan fingerprint density at radius 2 is 2.25 bits per heavy atom. The average Bonchev–Trinajstić information content (AvgIpc) is 2.42. The number of nitrogens with zero attached hydrogens (tertiary/aromatic N) is 1. The molecule has 2 unspecified atom stereocenters. The van der Waals surface area contributed by atoms with Gasteiger partial charge in [0.1, 0.15) is 11.6 Å². The Bertz CT molecular complexity index is 497. The van der Waals surface area contributed by atoms with Gasteiger partial charge in [-0.25, -0.2) is 9.37 Å². The Balaban J connectivity index is 2.79. The first-order valence-corrected chi connectivity index (χ1v) is 8.07. The summed E-state index contributed by atoms with van der Waals surface area (Å²) in [6, 6.07) is 1.15. The number of aromatic nitrogens is 1. The standard InChI is InChI=1S/C13H20FN3O2S/c1-4-5-15-12-11(6-10(14)8-16-12)13(18)17-7-9(2)20(3)19/h6,8-9H,4-5,7H2,1-3H3,(H,15,16)(H,17,18). The zero-order chi connectivity index (χ0) is 15.1. The van der Waals surface area contributed by atoms with E-state index in [-0.39, 0.29) is 17.4 Å². The van der Waals surface area contributed by atoms with Gasteiger partial charge in [0.25, 0.3) is 5.91 Å². The fraction of sp³-hybridized carbons (Fsp3) is 0.538. The van der Waals surface area contributed by atoms with E-state index in [2.05, 4.69) is 15.6 Å². The molecular weight excluding hydrogens is 281 g/mol. The number of anilines is 1. The van der Waals surface area contributed by atoms with Gasteiger partial charge in [-0.1, -0.05) is 6.92 Å². The van der Waals surface area contributed by atoms with Crippen LogP contribution in [0.4, 0.5) is 10.2 Å². The third-order valence-corrected chi connectivity index (χ3v) is 4.06. The minimum Gasteiger partial charge on any atom is -0.369 e. The molecule has 1 rings (SSSR count). The van der Waals surface area contributed by atoms with Crippen LogP contribution in [0.1, 0.15) is 30.6 Å². The summed E-state index contributed by atoms with van der Waals surface area (Å²) in [5.74, 6) is -0.631. The first kappa shape index (κ1) is 16.6. The van der Waals surface area contributed by atoms with Crippen molar-refractivity contribution in [3.05, 3.63) is 23.6 Å². The molecule has 0 fully saturated rings. The van der Waals surface area contributed by atoms with Gasteiger partial charge < -0.3 is 10.6 Å². The Labute approximate surface area is 120 Å². The maximum Gasteiger partial charge on any atom is 0.255 e. The number of hydrogen-bond donors (Lipinski definition) is 2. The SMILES string of the molecule is CCCNc1ncc(F)cc1C(=O)NCC(C)S(C)=O. The molecule has 1 heterocycles. The number of amides is 1. The van der Waals surface area contributed by atoms with E-state index in [4.69, 9.17) is 0 Å². The van der Waals surface area contributed by atoms with E-state index >= 15 is 0 Å². The second-order valence-electron chi connectivity index (χ2n) is 4.50. The van der Waals surface area contributed by atoms with Crippen molar-refractivity contribution in [1.29, 1.82) is 0 Å². The number of carbonyl (C=O) groups is 1. The van der Waals surface area contributed by atoms with Crippen LogP contribution in [0.5, 0.6) is 0 Å². The molecule has 0 radical (unpaired) electrons. The summed E-state index contributed by atoms with van der Waals surface area (Å²) in [7, 11) is -1.02. The smallest absolute Gasteiger partial charge is 0.255 e. The van der Waals surface area contributed by atoms with E-state index in [1.54, 1.807) is 13.2 Å². The van der Waals surface area contributed by atoms with E-state index < -0.39 is 22.5 Å². The quantitative estimate of drug-likeness (QED) is 0.801. The van der Waals surface area contributed by atoms with Gasteiger partial charge >= 0.3 is 0 Å². The number of hydrogen-bond acceptors (Lipinski definition) is 4. The molecule has 1 amide bonds. The van der Waals surface area contributed by atoms with Gasteiger partial charge in [-0.3, -0.25) is 9.00 Å². The molecule has 0 aliphatic carbocycles. The first-order chi connectivity index (χ1) is 9.45. The molecule has 112 valence electrons. The molecule has 0 aromatic carbocycles. The molecule has 2 atom stereocenters. The van der Waals surface area contributed by atoms with Crippen molar-refractivity contribution in [1.82, 2.24) is 10.3 Å². The Morgan fingerprint density at radius 3 is 2.85 bits per heavy atom. The molecule has 0 aliphatic heterocycles. The lowest BCUT2D eigenvalue weighted by atomic mass is 10.2. The normalized spacial score (nSPS) is 13.6. The average molecular weight is 301 g/mol. The highest BCUT2D eigenvalue weighted by atomic mass is 32.2. The van der Waals surface area contributed by atoms with Crippen molar-refractivity contribution in [3.63, 3.8) is 0 Å². The lowest BCUT2D eigenvalue weighted by Gasteiger charge is -2.13. The molecule has 1 aromatic heterocycles. The van der Waals surface area contributed by atoms with Crippen LogP contribution in [0, 0.1) is 5.82 Å². The highest BCUT2D eigenvalue weighted by molar-refractivity contribution is 7.84. The maximum atomic E-state index is 13.2. The maximum absolute atomic E-state index is 13.2. The summed E-state index contributed by atoms with van der Waals surface area (Å²) < 4.78 is 24.5. The molecule has 0 saturated carbocycles. The van der Waals surface area contributed by atoms with E-state index in [1.807, 2.05) is 6.92 Å². The van der Waals surface area contributed by atoms with Crippen molar-refractivity contribution < 1.29 is 13.4 Å². The topological polar surface area (TPSA) is 71.1 Å². The van der Waals surface area contributed by atoms with E-state index in [9.17, 15) is 13.4 Å². The third-order valence-electron chi connectivity index (χ3n) is 2.76. The lowest BCUT2D eigenvalue weighted by Crippen LogP contribution is -2.33. The van der Waals surface area contributed by atoms with Crippen LogP contribution < -0.4 is 10.6 Å². The number of nitrogens with one attached hydrogen (secondary N) is 2. The van der Waals surface area contributed by atoms with Crippen molar-refractivity contribution in [2.75, 3.05) is 24.7 Å². The molecule has 0 bridgehead atoms. The van der Waals surface area contributed by atoms with Gasteiger partial charge in [0.15, 0.2) is 0 Å². The van der Waals surface area contributed by atoms with Crippen molar-refractivity contribution in [2.45, 2.75) is 25.5 Å². The fourth-order valence-electron chi connectivity index (χ4n) is 1.45. The summed E-state index contributed by atoms with van der Waals surface area (Å²) in [6.45, 7) is 4.67. The summed E-state index contributed by atoms with van der Waals surface area (Å²) in [6.07, 6.45) is 3.51. The van der Waals surface area contributed by atoms with E-state index in [0.717, 1.165) is 18.7 Å². The molecule has 0 spiro atoms. The van der Waals surface area contributed by atoms with Gasteiger partial charge in [0.05, 0.1) is 11.8 Å². The molecule has 5 nitrogen and oxygen atoms in total. The van der Waals surface area contributed by atoms with Gasteiger partial charge in [-0.15, -0.1) is 0 Å². The van der Waals surface area contributed by atoms with Gasteiger partial charge in [-0.05, 0) is 19.4 Å². The number of rotatable bonds is 7. The number of pyridine rings is 1. The molecule has 7 heteroatoms. The van der Waals surface area contributed by atoms with Crippen LogP contribution >= 0.6 is 0 Å². The second kappa shape index (κ2) is 7.94. The van der Waals surface area contributed by atoms with Crippen LogP contribution in [-0.2, 0) is 10.8 Å². The summed E-state index contributed by atoms with van der Waals surface area (Å²) >= 11 is 0. The predicted octanol–water partition coefficient (Wildman–Crippen LogP) is 1.54.